The molecule has 0 aromatic carbocycles. The lowest BCUT2D eigenvalue weighted by Gasteiger charge is -2.52. The van der Waals surface area contributed by atoms with Gasteiger partial charge in [-0.25, -0.2) is 0 Å². The fourth-order valence-corrected chi connectivity index (χ4v) is 3.48. The van der Waals surface area contributed by atoms with E-state index in [4.69, 9.17) is 4.74 Å². The van der Waals surface area contributed by atoms with Crippen LogP contribution in [0.15, 0.2) is 0 Å². The van der Waals surface area contributed by atoms with Crippen LogP contribution < -0.4 is 5.32 Å². The quantitative estimate of drug-likeness (QED) is 0.718. The zero-order valence-corrected chi connectivity index (χ0v) is 13.1. The van der Waals surface area contributed by atoms with E-state index in [2.05, 4.69) is 31.0 Å². The first kappa shape index (κ1) is 15.3. The van der Waals surface area contributed by atoms with Crippen molar-refractivity contribution in [2.24, 2.45) is 5.41 Å². The number of nitrogens with zero attached hydrogens (tertiary/aromatic N) is 1. The fraction of sp³-hybridized carbons (Fsp3) is 1.00. The highest BCUT2D eigenvalue weighted by molar-refractivity contribution is 5.02. The van der Waals surface area contributed by atoms with Gasteiger partial charge in [0.1, 0.15) is 0 Å². The maximum absolute atomic E-state index is 5.78. The number of likely N-dealkylation sites (tertiary alicyclic amines) is 1. The summed E-state index contributed by atoms with van der Waals surface area (Å²) in [4.78, 5) is 2.63. The Hall–Kier alpha value is -0.120. The Kier molecular flexibility index (Phi) is 5.67. The zero-order valence-electron chi connectivity index (χ0n) is 13.1. The van der Waals surface area contributed by atoms with E-state index >= 15 is 0 Å². The second kappa shape index (κ2) is 7.05. The molecule has 1 N–H and O–H groups in total. The van der Waals surface area contributed by atoms with Gasteiger partial charge in [-0.15, -0.1) is 0 Å². The minimum atomic E-state index is 0.307. The number of rotatable bonds is 7. The van der Waals surface area contributed by atoms with Gasteiger partial charge in [0, 0.05) is 18.1 Å². The van der Waals surface area contributed by atoms with E-state index in [0.29, 0.717) is 17.6 Å². The summed E-state index contributed by atoms with van der Waals surface area (Å²) in [7, 11) is 0. The number of hydrogen-bond donors (Lipinski definition) is 1. The highest BCUT2D eigenvalue weighted by Crippen LogP contribution is 2.42. The van der Waals surface area contributed by atoms with Crippen molar-refractivity contribution in [3.05, 3.63) is 0 Å². The molecule has 0 radical (unpaired) electrons. The van der Waals surface area contributed by atoms with Crippen LogP contribution in [0, 0.1) is 5.41 Å². The largest absolute Gasteiger partial charge is 0.378 e. The Morgan fingerprint density at radius 1 is 1.21 bits per heavy atom. The second-order valence-electron chi connectivity index (χ2n) is 6.76. The first-order valence-corrected chi connectivity index (χ1v) is 8.22. The van der Waals surface area contributed by atoms with Crippen molar-refractivity contribution in [1.82, 2.24) is 10.2 Å². The van der Waals surface area contributed by atoms with Crippen molar-refractivity contribution >= 4 is 0 Å². The van der Waals surface area contributed by atoms with E-state index < -0.39 is 0 Å². The molecule has 2 unspecified atom stereocenters. The molecular formula is C16H32N2O. The molecular weight excluding hydrogens is 236 g/mol. The molecule has 1 aliphatic carbocycles. The normalized spacial score (nSPS) is 31.1. The molecule has 1 aliphatic heterocycles. The monoisotopic (exact) mass is 268 g/mol. The maximum atomic E-state index is 5.78. The topological polar surface area (TPSA) is 24.5 Å². The summed E-state index contributed by atoms with van der Waals surface area (Å²) in [5, 5.41) is 3.73. The molecule has 0 amide bonds. The Morgan fingerprint density at radius 3 is 2.58 bits per heavy atom. The minimum absolute atomic E-state index is 0.307. The molecule has 2 rings (SSSR count). The second-order valence-corrected chi connectivity index (χ2v) is 6.76. The first-order valence-electron chi connectivity index (χ1n) is 8.22. The highest BCUT2D eigenvalue weighted by atomic mass is 16.5. The van der Waals surface area contributed by atoms with Crippen molar-refractivity contribution in [3.8, 4) is 0 Å². The highest BCUT2D eigenvalue weighted by Gasteiger charge is 2.48. The van der Waals surface area contributed by atoms with Gasteiger partial charge in [-0.3, -0.25) is 0 Å². The van der Waals surface area contributed by atoms with Gasteiger partial charge >= 0.3 is 0 Å². The predicted octanol–water partition coefficient (Wildman–Crippen LogP) is 2.66. The van der Waals surface area contributed by atoms with Crippen molar-refractivity contribution in [3.63, 3.8) is 0 Å². The molecule has 2 aliphatic rings. The maximum Gasteiger partial charge on any atom is 0.0655 e. The van der Waals surface area contributed by atoms with Crippen molar-refractivity contribution in [2.75, 3.05) is 32.8 Å². The van der Waals surface area contributed by atoms with E-state index in [0.717, 1.165) is 13.2 Å². The zero-order chi connectivity index (χ0) is 13.7. The van der Waals surface area contributed by atoms with Crippen LogP contribution in [0.3, 0.4) is 0 Å². The molecule has 3 heteroatoms. The standard InChI is InChI=1S/C16H32N2O/c1-4-19-15-13-14(16(15,2)3)17-9-8-12-18-10-6-5-7-11-18/h14-15,17H,4-13H2,1-3H3. The number of ether oxygens (including phenoxy) is 1. The van der Waals surface area contributed by atoms with Gasteiger partial charge < -0.3 is 15.0 Å². The Balaban J connectivity index is 1.56. The third-order valence-corrected chi connectivity index (χ3v) is 5.04. The molecule has 0 spiro atoms. The molecule has 1 saturated heterocycles. The molecule has 19 heavy (non-hydrogen) atoms. The van der Waals surface area contributed by atoms with Crippen molar-refractivity contribution in [2.45, 2.75) is 65.0 Å². The van der Waals surface area contributed by atoms with Gasteiger partial charge in [0.25, 0.3) is 0 Å². The van der Waals surface area contributed by atoms with Crippen molar-refractivity contribution < 1.29 is 4.74 Å². The molecule has 112 valence electrons. The van der Waals surface area contributed by atoms with E-state index in [9.17, 15) is 0 Å². The van der Waals surface area contributed by atoms with Crippen LogP contribution >= 0.6 is 0 Å². The summed E-state index contributed by atoms with van der Waals surface area (Å²) >= 11 is 0. The van der Waals surface area contributed by atoms with Crippen LogP contribution in [0.2, 0.25) is 0 Å². The van der Waals surface area contributed by atoms with Crippen LogP contribution in [-0.4, -0.2) is 49.8 Å². The lowest BCUT2D eigenvalue weighted by molar-refractivity contribution is -0.114. The Morgan fingerprint density at radius 2 is 1.95 bits per heavy atom. The van der Waals surface area contributed by atoms with Crippen LogP contribution in [-0.2, 0) is 4.74 Å². The molecule has 2 fully saturated rings. The molecule has 3 nitrogen and oxygen atoms in total. The third-order valence-electron chi connectivity index (χ3n) is 5.04. The molecule has 0 bridgehead atoms. The Labute approximate surface area is 119 Å². The van der Waals surface area contributed by atoms with Crippen LogP contribution in [0.1, 0.15) is 52.9 Å². The summed E-state index contributed by atoms with van der Waals surface area (Å²) in [5.41, 5.74) is 0.307. The van der Waals surface area contributed by atoms with Gasteiger partial charge in [-0.2, -0.15) is 0 Å². The SMILES string of the molecule is CCOC1CC(NCCCN2CCCCC2)C1(C)C. The van der Waals surface area contributed by atoms with Gasteiger partial charge in [0.05, 0.1) is 6.10 Å². The lowest BCUT2D eigenvalue weighted by atomic mass is 9.64. The van der Waals surface area contributed by atoms with Crippen molar-refractivity contribution in [1.29, 1.82) is 0 Å². The average molecular weight is 268 g/mol. The number of piperidine rings is 1. The van der Waals surface area contributed by atoms with E-state index in [1.807, 2.05) is 0 Å². The summed E-state index contributed by atoms with van der Waals surface area (Å²) in [6.07, 6.45) is 7.16. The minimum Gasteiger partial charge on any atom is -0.378 e. The summed E-state index contributed by atoms with van der Waals surface area (Å²) < 4.78 is 5.78. The molecule has 1 heterocycles. The van der Waals surface area contributed by atoms with Crippen LogP contribution in [0.25, 0.3) is 0 Å². The van der Waals surface area contributed by atoms with Crippen LogP contribution in [0.5, 0.6) is 0 Å². The molecule has 0 aromatic heterocycles. The lowest BCUT2D eigenvalue weighted by Crippen LogP contribution is -2.61. The van der Waals surface area contributed by atoms with Gasteiger partial charge in [-0.05, 0) is 58.8 Å². The van der Waals surface area contributed by atoms with Crippen LogP contribution in [0.4, 0.5) is 0 Å². The Bertz CT molecular complexity index is 261. The van der Waals surface area contributed by atoms with Gasteiger partial charge in [0.15, 0.2) is 0 Å². The van der Waals surface area contributed by atoms with E-state index in [-0.39, 0.29) is 0 Å². The molecule has 2 atom stereocenters. The van der Waals surface area contributed by atoms with E-state index in [1.54, 1.807) is 0 Å². The summed E-state index contributed by atoms with van der Waals surface area (Å²) in [5.74, 6) is 0. The smallest absolute Gasteiger partial charge is 0.0655 e. The third kappa shape index (κ3) is 3.93. The van der Waals surface area contributed by atoms with Gasteiger partial charge in [0.2, 0.25) is 0 Å². The number of nitrogens with one attached hydrogen (secondary N) is 1. The fourth-order valence-electron chi connectivity index (χ4n) is 3.48. The summed E-state index contributed by atoms with van der Waals surface area (Å²) in [6.45, 7) is 12.7. The summed E-state index contributed by atoms with van der Waals surface area (Å²) in [6, 6.07) is 0.644. The van der Waals surface area contributed by atoms with Gasteiger partial charge in [-0.1, -0.05) is 20.3 Å². The predicted molar refractivity (Wildman–Crippen MR) is 80.5 cm³/mol. The average Bonchev–Trinajstić information content (AvgIpc) is 2.42. The van der Waals surface area contributed by atoms with E-state index in [1.165, 1.54) is 51.7 Å². The molecule has 1 saturated carbocycles. The molecule has 0 aromatic rings. The number of hydrogen-bond acceptors (Lipinski definition) is 3. The first-order chi connectivity index (χ1) is 9.14.